The second kappa shape index (κ2) is 8.94. The summed E-state index contributed by atoms with van der Waals surface area (Å²) in [6.07, 6.45) is -0.405. The van der Waals surface area contributed by atoms with Gasteiger partial charge < -0.3 is 10.1 Å². The Bertz CT molecular complexity index is 939. The number of carbonyl (C=O) groups excluding carboxylic acids is 2. The van der Waals surface area contributed by atoms with Gasteiger partial charge >= 0.3 is 5.97 Å². The van der Waals surface area contributed by atoms with Crippen LogP contribution in [0, 0.1) is 5.82 Å². The molecule has 28 heavy (non-hydrogen) atoms. The van der Waals surface area contributed by atoms with Crippen molar-refractivity contribution >= 4 is 11.9 Å². The van der Waals surface area contributed by atoms with Gasteiger partial charge in [-0.2, -0.15) is 5.10 Å². The summed E-state index contributed by atoms with van der Waals surface area (Å²) in [6, 6.07) is 17.0. The zero-order valence-corrected chi connectivity index (χ0v) is 15.3. The molecule has 0 bridgehead atoms. The maximum absolute atomic E-state index is 12.9. The number of H-pyrrole nitrogens is 1. The summed E-state index contributed by atoms with van der Waals surface area (Å²) >= 11 is 0. The molecule has 1 aromatic heterocycles. The van der Waals surface area contributed by atoms with Crippen molar-refractivity contribution in [1.29, 1.82) is 0 Å². The zero-order valence-electron chi connectivity index (χ0n) is 15.3. The minimum Gasteiger partial charge on any atom is -0.448 e. The summed E-state index contributed by atoms with van der Waals surface area (Å²) in [4.78, 5) is 24.3. The third kappa shape index (κ3) is 5.03. The number of nitrogens with zero attached hydrogens (tertiary/aromatic N) is 1. The van der Waals surface area contributed by atoms with Crippen molar-refractivity contribution in [3.8, 4) is 11.3 Å². The molecule has 1 amide bonds. The van der Waals surface area contributed by atoms with Crippen LogP contribution in [0.4, 0.5) is 4.39 Å². The molecule has 1 atom stereocenters. The van der Waals surface area contributed by atoms with E-state index in [4.69, 9.17) is 4.74 Å². The van der Waals surface area contributed by atoms with E-state index in [-0.39, 0.29) is 11.5 Å². The summed E-state index contributed by atoms with van der Waals surface area (Å²) < 4.78 is 18.1. The van der Waals surface area contributed by atoms with Gasteiger partial charge in [0.1, 0.15) is 11.5 Å². The Balaban J connectivity index is 1.49. The number of rotatable bonds is 7. The van der Waals surface area contributed by atoms with E-state index in [1.54, 1.807) is 18.2 Å². The van der Waals surface area contributed by atoms with Gasteiger partial charge in [-0.25, -0.2) is 9.18 Å². The van der Waals surface area contributed by atoms with E-state index in [2.05, 4.69) is 15.5 Å². The molecular formula is C21H20FN3O3. The number of esters is 1. The zero-order chi connectivity index (χ0) is 19.9. The highest BCUT2D eigenvalue weighted by Crippen LogP contribution is 2.17. The number of hydrogen-bond donors (Lipinski definition) is 2. The number of halogens is 1. The normalized spacial score (nSPS) is 11.6. The van der Waals surface area contributed by atoms with Gasteiger partial charge in [0.15, 0.2) is 6.10 Å². The molecule has 6 nitrogen and oxygen atoms in total. The number of benzene rings is 2. The van der Waals surface area contributed by atoms with Crippen molar-refractivity contribution in [1.82, 2.24) is 15.5 Å². The largest absolute Gasteiger partial charge is 0.448 e. The lowest BCUT2D eigenvalue weighted by Crippen LogP contribution is -2.37. The maximum Gasteiger partial charge on any atom is 0.357 e. The molecule has 0 fully saturated rings. The smallest absolute Gasteiger partial charge is 0.357 e. The topological polar surface area (TPSA) is 84.1 Å². The van der Waals surface area contributed by atoms with Gasteiger partial charge in [0, 0.05) is 12.1 Å². The highest BCUT2D eigenvalue weighted by atomic mass is 19.1. The molecule has 0 saturated carbocycles. The standard InChI is InChI=1S/C21H20FN3O3/c1-14(20(26)23-12-11-15-7-9-17(22)10-8-15)28-21(27)19-13-18(24-25-19)16-5-3-2-4-6-16/h2-10,13-14H,11-12H2,1H3,(H,23,26)(H,24,25)/t14-/m0/s1. The molecule has 0 unspecified atom stereocenters. The fourth-order valence-electron chi connectivity index (χ4n) is 2.59. The van der Waals surface area contributed by atoms with E-state index in [0.717, 1.165) is 11.1 Å². The molecule has 0 aliphatic rings. The lowest BCUT2D eigenvalue weighted by atomic mass is 10.1. The van der Waals surface area contributed by atoms with Crippen LogP contribution < -0.4 is 5.32 Å². The van der Waals surface area contributed by atoms with E-state index in [1.807, 2.05) is 30.3 Å². The molecule has 3 rings (SSSR count). The van der Waals surface area contributed by atoms with Gasteiger partial charge in [-0.05, 0) is 37.1 Å². The minimum absolute atomic E-state index is 0.171. The predicted octanol–water partition coefficient (Wildman–Crippen LogP) is 3.12. The highest BCUT2D eigenvalue weighted by Gasteiger charge is 2.20. The molecule has 0 spiro atoms. The lowest BCUT2D eigenvalue weighted by molar-refractivity contribution is -0.129. The molecule has 144 valence electrons. The summed E-state index contributed by atoms with van der Waals surface area (Å²) in [5.41, 5.74) is 2.55. The Morgan fingerprint density at radius 2 is 1.86 bits per heavy atom. The average Bonchev–Trinajstić information content (AvgIpc) is 3.20. The van der Waals surface area contributed by atoms with E-state index < -0.39 is 18.0 Å². The monoisotopic (exact) mass is 381 g/mol. The van der Waals surface area contributed by atoms with Crippen LogP contribution in [0.15, 0.2) is 60.7 Å². The second-order valence-electron chi connectivity index (χ2n) is 6.25. The van der Waals surface area contributed by atoms with Crippen molar-refractivity contribution in [3.05, 3.63) is 77.7 Å². The van der Waals surface area contributed by atoms with Crippen LogP contribution in [0.25, 0.3) is 11.3 Å². The van der Waals surface area contributed by atoms with Crippen LogP contribution in [0.1, 0.15) is 23.0 Å². The SMILES string of the molecule is C[C@H](OC(=O)c1cc(-c2ccccc2)n[nH]1)C(=O)NCCc1ccc(F)cc1. The van der Waals surface area contributed by atoms with E-state index >= 15 is 0 Å². The summed E-state index contributed by atoms with van der Waals surface area (Å²) in [6.45, 7) is 1.86. The Labute approximate surface area is 161 Å². The fourth-order valence-corrected chi connectivity index (χ4v) is 2.59. The van der Waals surface area contributed by atoms with Gasteiger partial charge in [-0.1, -0.05) is 42.5 Å². The van der Waals surface area contributed by atoms with Crippen molar-refractivity contribution in [2.24, 2.45) is 0 Å². The van der Waals surface area contributed by atoms with Crippen LogP contribution in [0.3, 0.4) is 0 Å². The van der Waals surface area contributed by atoms with Gasteiger partial charge in [0.25, 0.3) is 5.91 Å². The quantitative estimate of drug-likeness (QED) is 0.616. The molecule has 0 aliphatic carbocycles. The predicted molar refractivity (Wildman–Crippen MR) is 102 cm³/mol. The van der Waals surface area contributed by atoms with Gasteiger partial charge in [-0.3, -0.25) is 9.89 Å². The van der Waals surface area contributed by atoms with Gasteiger partial charge in [0.05, 0.1) is 5.69 Å². The molecule has 1 heterocycles. The minimum atomic E-state index is -0.954. The van der Waals surface area contributed by atoms with Crippen molar-refractivity contribution < 1.29 is 18.7 Å². The van der Waals surface area contributed by atoms with Crippen LogP contribution in [-0.2, 0) is 16.0 Å². The molecule has 0 radical (unpaired) electrons. The van der Waals surface area contributed by atoms with E-state index in [0.29, 0.717) is 18.7 Å². The number of amides is 1. The molecule has 0 saturated heterocycles. The number of aromatic nitrogens is 2. The Kier molecular flexibility index (Phi) is 6.16. The fraction of sp³-hybridized carbons (Fsp3) is 0.190. The molecular weight excluding hydrogens is 361 g/mol. The van der Waals surface area contributed by atoms with Crippen LogP contribution >= 0.6 is 0 Å². The molecule has 2 aromatic carbocycles. The first-order valence-corrected chi connectivity index (χ1v) is 8.87. The summed E-state index contributed by atoms with van der Waals surface area (Å²) in [5, 5.41) is 9.42. The first kappa shape index (κ1) is 19.3. The van der Waals surface area contributed by atoms with Crippen molar-refractivity contribution in [2.45, 2.75) is 19.4 Å². The number of nitrogens with one attached hydrogen (secondary N) is 2. The number of aromatic amines is 1. The summed E-state index contributed by atoms with van der Waals surface area (Å²) in [5.74, 6) is -1.36. The number of ether oxygens (including phenoxy) is 1. The Hall–Kier alpha value is -3.48. The van der Waals surface area contributed by atoms with Crippen LogP contribution in [-0.4, -0.2) is 34.7 Å². The van der Waals surface area contributed by atoms with Gasteiger partial charge in [0.2, 0.25) is 0 Å². The highest BCUT2D eigenvalue weighted by molar-refractivity contribution is 5.91. The van der Waals surface area contributed by atoms with Crippen molar-refractivity contribution in [2.75, 3.05) is 6.54 Å². The number of hydrogen-bond acceptors (Lipinski definition) is 4. The molecule has 3 aromatic rings. The first-order chi connectivity index (χ1) is 13.5. The third-order valence-corrected chi connectivity index (χ3v) is 4.15. The van der Waals surface area contributed by atoms with Gasteiger partial charge in [-0.15, -0.1) is 0 Å². The first-order valence-electron chi connectivity index (χ1n) is 8.87. The molecule has 0 aliphatic heterocycles. The summed E-state index contributed by atoms with van der Waals surface area (Å²) in [7, 11) is 0. The van der Waals surface area contributed by atoms with Crippen LogP contribution in [0.2, 0.25) is 0 Å². The van der Waals surface area contributed by atoms with E-state index in [9.17, 15) is 14.0 Å². The van der Waals surface area contributed by atoms with Crippen molar-refractivity contribution in [3.63, 3.8) is 0 Å². The van der Waals surface area contributed by atoms with E-state index in [1.165, 1.54) is 19.1 Å². The Morgan fingerprint density at radius 1 is 1.14 bits per heavy atom. The third-order valence-electron chi connectivity index (χ3n) is 4.15. The van der Waals surface area contributed by atoms with Crippen LogP contribution in [0.5, 0.6) is 0 Å². The lowest BCUT2D eigenvalue weighted by Gasteiger charge is -2.12. The molecule has 7 heteroatoms. The Morgan fingerprint density at radius 3 is 2.57 bits per heavy atom. The second-order valence-corrected chi connectivity index (χ2v) is 6.25. The maximum atomic E-state index is 12.9. The average molecular weight is 381 g/mol. The molecule has 2 N–H and O–H groups in total. The number of carbonyl (C=O) groups is 2.